The lowest BCUT2D eigenvalue weighted by molar-refractivity contribution is -0.137. The first-order valence-corrected chi connectivity index (χ1v) is 9.25. The fraction of sp³-hybridized carbons (Fsp3) is 0.778. The van der Waals surface area contributed by atoms with Gasteiger partial charge in [0.15, 0.2) is 0 Å². The maximum absolute atomic E-state index is 12.2. The quantitative estimate of drug-likeness (QED) is 0.154. The summed E-state index contributed by atoms with van der Waals surface area (Å²) >= 11 is 0. The molecule has 28 heavy (non-hydrogen) atoms. The Morgan fingerprint density at radius 3 is 1.68 bits per heavy atom. The van der Waals surface area contributed by atoms with E-state index in [0.29, 0.717) is 24.5 Å². The van der Waals surface area contributed by atoms with Crippen molar-refractivity contribution in [3.05, 3.63) is 0 Å². The molecule has 10 heteroatoms. The van der Waals surface area contributed by atoms with E-state index in [1.54, 1.807) is 13.8 Å². The second kappa shape index (κ2) is 11.6. The van der Waals surface area contributed by atoms with Crippen LogP contribution in [0.3, 0.4) is 0 Å². The van der Waals surface area contributed by atoms with E-state index in [1.807, 2.05) is 27.7 Å². The Balaban J connectivity index is 5.00. The topological polar surface area (TPSA) is 156 Å². The Morgan fingerprint density at radius 1 is 0.893 bits per heavy atom. The highest BCUT2D eigenvalue weighted by atomic mass is 16.4. The van der Waals surface area contributed by atoms with Crippen LogP contribution in [0.15, 0.2) is 10.3 Å². The third-order valence-electron chi connectivity index (χ3n) is 4.85. The molecule has 6 N–H and O–H groups in total. The molecular weight excluding hydrogens is 366 g/mol. The number of nitrogens with one attached hydrogen (secondary N) is 3. The summed E-state index contributed by atoms with van der Waals surface area (Å²) in [5.41, 5.74) is -0.177. The maximum atomic E-state index is 12.2. The third-order valence-corrected chi connectivity index (χ3v) is 4.85. The largest absolute Gasteiger partial charge is 0.481 e. The third kappa shape index (κ3) is 9.65. The second-order valence-electron chi connectivity index (χ2n) is 7.89. The molecule has 0 aliphatic heterocycles. The summed E-state index contributed by atoms with van der Waals surface area (Å²) in [5.74, 6) is -1.18. The Kier molecular flexibility index (Phi) is 10.7. The van der Waals surface area contributed by atoms with Crippen LogP contribution in [0.4, 0.5) is 0 Å². The molecule has 0 aliphatic carbocycles. The van der Waals surface area contributed by atoms with Gasteiger partial charge >= 0.3 is 5.97 Å². The van der Waals surface area contributed by atoms with E-state index in [-0.39, 0.29) is 31.2 Å². The van der Waals surface area contributed by atoms with Gasteiger partial charge < -0.3 is 31.5 Å². The zero-order valence-corrected chi connectivity index (χ0v) is 17.7. The van der Waals surface area contributed by atoms with Crippen molar-refractivity contribution >= 4 is 23.3 Å². The second-order valence-corrected chi connectivity index (χ2v) is 7.89. The summed E-state index contributed by atoms with van der Waals surface area (Å²) < 4.78 is 0. The van der Waals surface area contributed by atoms with Crippen molar-refractivity contribution in [1.29, 1.82) is 0 Å². The number of aliphatic carboxylic acids is 1. The van der Waals surface area contributed by atoms with Crippen LogP contribution in [-0.4, -0.2) is 69.0 Å². The first-order chi connectivity index (χ1) is 12.9. The molecule has 0 saturated heterocycles. The molecule has 0 radical (unpaired) electrons. The van der Waals surface area contributed by atoms with Crippen molar-refractivity contribution in [3.63, 3.8) is 0 Å². The molecular formula is C18H35N5O5. The molecule has 0 saturated carbocycles. The Morgan fingerprint density at radius 2 is 1.32 bits per heavy atom. The van der Waals surface area contributed by atoms with E-state index in [0.717, 1.165) is 0 Å². The first-order valence-electron chi connectivity index (χ1n) is 9.25. The number of nitrogens with zero attached hydrogens (tertiary/aromatic N) is 2. The number of oxime groups is 2. The fourth-order valence-corrected chi connectivity index (χ4v) is 2.14. The number of hydrogen-bond acceptors (Lipinski definition) is 8. The lowest BCUT2D eigenvalue weighted by atomic mass is 9.98. The number of carboxylic acid groups (broad SMARTS) is 1. The van der Waals surface area contributed by atoms with Gasteiger partial charge in [-0.15, -0.1) is 0 Å². The molecule has 0 aromatic rings. The van der Waals surface area contributed by atoms with E-state index in [4.69, 9.17) is 15.5 Å². The summed E-state index contributed by atoms with van der Waals surface area (Å²) in [7, 11) is 0. The normalized spacial score (nSPS) is 14.6. The first kappa shape index (κ1) is 25.8. The van der Waals surface area contributed by atoms with E-state index >= 15 is 0 Å². The monoisotopic (exact) mass is 401 g/mol. The van der Waals surface area contributed by atoms with Crippen molar-refractivity contribution in [2.45, 2.75) is 77.9 Å². The molecule has 0 spiro atoms. The lowest BCUT2D eigenvalue weighted by Gasteiger charge is -2.32. The van der Waals surface area contributed by atoms with Crippen molar-refractivity contribution in [1.82, 2.24) is 16.0 Å². The molecule has 0 fully saturated rings. The van der Waals surface area contributed by atoms with E-state index in [2.05, 4.69) is 26.3 Å². The lowest BCUT2D eigenvalue weighted by Crippen LogP contribution is -2.57. The van der Waals surface area contributed by atoms with Gasteiger partial charge in [-0.2, -0.15) is 0 Å². The van der Waals surface area contributed by atoms with E-state index < -0.39 is 17.0 Å². The molecule has 0 rings (SSSR count). The van der Waals surface area contributed by atoms with Crippen LogP contribution >= 0.6 is 0 Å². The molecule has 0 aromatic carbocycles. The van der Waals surface area contributed by atoms with Crippen LogP contribution in [0.2, 0.25) is 0 Å². The van der Waals surface area contributed by atoms with Gasteiger partial charge in [0.25, 0.3) is 0 Å². The highest BCUT2D eigenvalue weighted by molar-refractivity contribution is 5.90. The number of rotatable bonds is 13. The molecule has 0 heterocycles. The van der Waals surface area contributed by atoms with Crippen molar-refractivity contribution in [3.8, 4) is 0 Å². The molecule has 1 amide bonds. The number of carbonyl (C=O) groups excluding carboxylic acids is 1. The summed E-state index contributed by atoms with van der Waals surface area (Å²) in [4.78, 5) is 22.8. The zero-order valence-electron chi connectivity index (χ0n) is 17.7. The molecule has 0 aromatic heterocycles. The zero-order chi connectivity index (χ0) is 22.0. The van der Waals surface area contributed by atoms with Crippen molar-refractivity contribution < 1.29 is 25.1 Å². The van der Waals surface area contributed by atoms with Crippen molar-refractivity contribution in [2.24, 2.45) is 10.3 Å². The van der Waals surface area contributed by atoms with Crippen molar-refractivity contribution in [2.75, 3.05) is 13.1 Å². The van der Waals surface area contributed by atoms with Gasteiger partial charge in [0.1, 0.15) is 0 Å². The predicted molar refractivity (Wildman–Crippen MR) is 107 cm³/mol. The number of carbonyl (C=O) groups is 2. The van der Waals surface area contributed by atoms with Crippen LogP contribution < -0.4 is 16.0 Å². The molecule has 162 valence electrons. The maximum Gasteiger partial charge on any atom is 0.303 e. The van der Waals surface area contributed by atoms with Gasteiger partial charge in [-0.3, -0.25) is 9.59 Å². The van der Waals surface area contributed by atoms with Crippen LogP contribution in [0.25, 0.3) is 0 Å². The summed E-state index contributed by atoms with van der Waals surface area (Å²) in [6.45, 7) is 11.6. The molecule has 10 nitrogen and oxygen atoms in total. The average molecular weight is 402 g/mol. The van der Waals surface area contributed by atoms with Gasteiger partial charge in [-0.05, 0) is 48.0 Å². The number of carboxylic acids is 1. The van der Waals surface area contributed by atoms with E-state index in [9.17, 15) is 9.59 Å². The summed E-state index contributed by atoms with van der Waals surface area (Å²) in [6, 6.07) is -0.325. The van der Waals surface area contributed by atoms with Gasteiger partial charge in [-0.1, -0.05) is 10.3 Å². The highest BCUT2D eigenvalue weighted by Gasteiger charge is 2.26. The Labute approximate surface area is 166 Å². The molecule has 0 aliphatic rings. The highest BCUT2D eigenvalue weighted by Crippen LogP contribution is 2.07. The van der Waals surface area contributed by atoms with Gasteiger partial charge in [0.2, 0.25) is 5.91 Å². The standard InChI is InChI=1S/C18H35N5O5/c1-12(22-27)17(3,4)19-10-14(11-20-18(5,6)13(2)23-28)21-15(24)8-7-9-16(25)26/h14,19-20,27-28H,7-11H2,1-6H3,(H,21,24)(H,25,26). The summed E-state index contributed by atoms with van der Waals surface area (Å²) in [6.07, 6.45) is 0.315. The predicted octanol–water partition coefficient (Wildman–Crippen LogP) is 1.16. The Bertz CT molecular complexity index is 553. The van der Waals surface area contributed by atoms with E-state index in [1.165, 1.54) is 0 Å². The number of amides is 1. The minimum Gasteiger partial charge on any atom is -0.481 e. The number of hydrogen-bond donors (Lipinski definition) is 6. The van der Waals surface area contributed by atoms with Crippen LogP contribution in [0.5, 0.6) is 0 Å². The van der Waals surface area contributed by atoms with Crippen LogP contribution in [-0.2, 0) is 9.59 Å². The van der Waals surface area contributed by atoms with Gasteiger partial charge in [-0.25, -0.2) is 0 Å². The smallest absolute Gasteiger partial charge is 0.303 e. The molecule has 0 bridgehead atoms. The van der Waals surface area contributed by atoms with Gasteiger partial charge in [0, 0.05) is 25.9 Å². The molecule has 0 unspecified atom stereocenters. The van der Waals surface area contributed by atoms with Gasteiger partial charge in [0.05, 0.1) is 28.5 Å². The molecule has 0 atom stereocenters. The fourth-order valence-electron chi connectivity index (χ4n) is 2.14. The summed E-state index contributed by atoms with van der Waals surface area (Å²) in [5, 5.41) is 42.5. The SMILES string of the molecule is CC(=NO)C(C)(C)NCC(CNC(C)(C)C(C)=NO)NC(=O)CCCC(=O)O. The van der Waals surface area contributed by atoms with Crippen LogP contribution in [0, 0.1) is 0 Å². The average Bonchev–Trinajstić information content (AvgIpc) is 2.61. The minimum absolute atomic E-state index is 0.0625. The van der Waals surface area contributed by atoms with Crippen LogP contribution in [0.1, 0.15) is 60.8 Å². The Hall–Kier alpha value is -2.20. The minimum atomic E-state index is -0.936.